The van der Waals surface area contributed by atoms with E-state index in [0.29, 0.717) is 58.9 Å². The number of rotatable bonds is 5. The van der Waals surface area contributed by atoms with E-state index in [1.54, 1.807) is 41.1 Å². The lowest BCUT2D eigenvalue weighted by atomic mass is 9.97. The van der Waals surface area contributed by atoms with Crippen LogP contribution in [0.2, 0.25) is 0 Å². The number of para-hydroxylation sites is 1. The molecule has 12 heteroatoms. The van der Waals surface area contributed by atoms with Crippen LogP contribution in [0.15, 0.2) is 65.8 Å². The zero-order valence-electron chi connectivity index (χ0n) is 21.9. The van der Waals surface area contributed by atoms with Gasteiger partial charge in [-0.05, 0) is 30.2 Å². The second kappa shape index (κ2) is 9.68. The second-order valence-corrected chi connectivity index (χ2v) is 10.1. The summed E-state index contributed by atoms with van der Waals surface area (Å²) in [6.45, 7) is 1.72. The van der Waals surface area contributed by atoms with Crippen LogP contribution >= 0.6 is 0 Å². The fourth-order valence-electron chi connectivity index (χ4n) is 5.94. The van der Waals surface area contributed by atoms with Gasteiger partial charge in [-0.25, -0.2) is 19.0 Å². The van der Waals surface area contributed by atoms with Crippen molar-refractivity contribution >= 4 is 22.8 Å². The number of carbonyl (C=O) groups is 1. The lowest BCUT2D eigenvalue weighted by molar-refractivity contribution is 0.0389. The quantitative estimate of drug-likeness (QED) is 0.339. The molecule has 0 spiro atoms. The van der Waals surface area contributed by atoms with Crippen molar-refractivity contribution in [1.29, 1.82) is 0 Å². The fraction of sp³-hybridized carbons (Fsp3) is 0.241. The van der Waals surface area contributed by atoms with E-state index in [-0.39, 0.29) is 24.0 Å². The third-order valence-electron chi connectivity index (χ3n) is 7.79. The maximum atomic E-state index is 16.0. The SMILES string of the molecule is NC(=O)c1c2n(n(-c3ccccc3)c1=O)CCOC2c1ccc(-c2cn(C3CCOC3)c3ncnc(N)c23)c(F)c1. The van der Waals surface area contributed by atoms with Crippen LogP contribution in [0.3, 0.4) is 0 Å². The van der Waals surface area contributed by atoms with Gasteiger partial charge in [0.25, 0.3) is 11.5 Å². The third kappa shape index (κ3) is 3.94. The molecule has 41 heavy (non-hydrogen) atoms. The molecule has 0 saturated carbocycles. The van der Waals surface area contributed by atoms with Gasteiger partial charge >= 0.3 is 0 Å². The first-order chi connectivity index (χ1) is 19.9. The van der Waals surface area contributed by atoms with Crippen LogP contribution in [-0.2, 0) is 16.0 Å². The van der Waals surface area contributed by atoms with E-state index in [4.69, 9.17) is 20.9 Å². The molecule has 1 fully saturated rings. The number of nitrogens with zero attached hydrogens (tertiary/aromatic N) is 5. The Kier molecular flexibility index (Phi) is 5.94. The van der Waals surface area contributed by atoms with Crippen molar-refractivity contribution in [1.82, 2.24) is 23.9 Å². The van der Waals surface area contributed by atoms with Gasteiger partial charge in [0.05, 0.1) is 42.6 Å². The topological polar surface area (TPSA) is 145 Å². The molecule has 2 atom stereocenters. The minimum atomic E-state index is -0.891. The zero-order valence-corrected chi connectivity index (χ0v) is 21.9. The Labute approximate surface area is 232 Å². The zero-order chi connectivity index (χ0) is 28.2. The van der Waals surface area contributed by atoms with Gasteiger partial charge in [0.1, 0.15) is 35.3 Å². The lowest BCUT2D eigenvalue weighted by Crippen LogP contribution is -2.28. The van der Waals surface area contributed by atoms with E-state index in [2.05, 4.69) is 9.97 Å². The minimum absolute atomic E-state index is 0.0520. The molecule has 208 valence electrons. The number of aromatic nitrogens is 5. The highest BCUT2D eigenvalue weighted by atomic mass is 19.1. The summed E-state index contributed by atoms with van der Waals surface area (Å²) in [5.41, 5.74) is 14.0. The summed E-state index contributed by atoms with van der Waals surface area (Å²) in [4.78, 5) is 34.5. The Morgan fingerprint density at radius 1 is 1.07 bits per heavy atom. The van der Waals surface area contributed by atoms with Gasteiger partial charge in [-0.15, -0.1) is 0 Å². The molecule has 1 amide bonds. The number of hydrogen-bond acceptors (Lipinski definition) is 7. The average molecular weight is 556 g/mol. The van der Waals surface area contributed by atoms with Crippen LogP contribution in [0, 0.1) is 5.82 Å². The Balaban J connectivity index is 1.35. The largest absolute Gasteiger partial charge is 0.383 e. The van der Waals surface area contributed by atoms with E-state index in [1.807, 2.05) is 16.8 Å². The van der Waals surface area contributed by atoms with Gasteiger partial charge in [-0.3, -0.25) is 14.3 Å². The first-order valence-corrected chi connectivity index (χ1v) is 13.2. The number of halogens is 1. The molecule has 11 nitrogen and oxygen atoms in total. The summed E-state index contributed by atoms with van der Waals surface area (Å²) in [6, 6.07) is 13.7. The van der Waals surface area contributed by atoms with Gasteiger partial charge < -0.3 is 25.5 Å². The van der Waals surface area contributed by atoms with Crippen LogP contribution in [0.25, 0.3) is 27.8 Å². The smallest absolute Gasteiger partial charge is 0.284 e. The summed E-state index contributed by atoms with van der Waals surface area (Å²) in [6.07, 6.45) is 3.15. The Bertz CT molecular complexity index is 1870. The Hall–Kier alpha value is -4.81. The first kappa shape index (κ1) is 25.2. The van der Waals surface area contributed by atoms with Crippen LogP contribution in [0.4, 0.5) is 10.2 Å². The highest BCUT2D eigenvalue weighted by Crippen LogP contribution is 2.39. The number of anilines is 1. The number of ether oxygens (including phenoxy) is 2. The molecule has 2 aliphatic heterocycles. The fourth-order valence-corrected chi connectivity index (χ4v) is 5.94. The molecule has 2 aliphatic rings. The molecule has 2 unspecified atom stereocenters. The van der Waals surface area contributed by atoms with Gasteiger partial charge in [-0.1, -0.05) is 30.3 Å². The van der Waals surface area contributed by atoms with E-state index in [9.17, 15) is 9.59 Å². The van der Waals surface area contributed by atoms with Gasteiger partial charge in [0.15, 0.2) is 0 Å². The highest BCUT2D eigenvalue weighted by Gasteiger charge is 2.35. The van der Waals surface area contributed by atoms with Crippen molar-refractivity contribution in [2.45, 2.75) is 25.1 Å². The number of nitrogens with two attached hydrogens (primary N) is 2. The van der Waals surface area contributed by atoms with E-state index >= 15 is 4.39 Å². The number of primary amides is 1. The molecule has 2 aromatic carbocycles. The maximum Gasteiger partial charge on any atom is 0.284 e. The molecular formula is C29H26FN7O4. The number of carbonyl (C=O) groups excluding carboxylic acids is 1. The molecule has 0 bridgehead atoms. The molecule has 3 aromatic heterocycles. The standard InChI is InChI=1S/C29H26FN7O4/c30-21-12-16(6-7-19(21)20-13-35(18-8-10-40-14-18)28-22(20)26(31)33-15-34-28)25-24-23(27(32)38)29(39)37(36(24)9-11-41-25)17-4-2-1-3-5-17/h1-7,12-13,15,18,25H,8-11,14H2,(H2,32,38)(H2,31,33,34). The van der Waals surface area contributed by atoms with Crippen molar-refractivity contribution in [3.8, 4) is 16.8 Å². The van der Waals surface area contributed by atoms with Gasteiger partial charge in [0, 0.05) is 23.9 Å². The Morgan fingerprint density at radius 2 is 1.90 bits per heavy atom. The van der Waals surface area contributed by atoms with E-state index < -0.39 is 23.4 Å². The number of hydrogen-bond donors (Lipinski definition) is 2. The number of amides is 1. The van der Waals surface area contributed by atoms with Crippen molar-refractivity contribution in [3.63, 3.8) is 0 Å². The number of benzene rings is 2. The monoisotopic (exact) mass is 555 g/mol. The van der Waals surface area contributed by atoms with Crippen molar-refractivity contribution in [2.24, 2.45) is 5.73 Å². The minimum Gasteiger partial charge on any atom is -0.383 e. The molecule has 7 rings (SSSR count). The predicted molar refractivity (Wildman–Crippen MR) is 148 cm³/mol. The van der Waals surface area contributed by atoms with Crippen LogP contribution in [-0.4, -0.2) is 49.6 Å². The van der Waals surface area contributed by atoms with Gasteiger partial charge in [0.2, 0.25) is 0 Å². The van der Waals surface area contributed by atoms with Crippen molar-refractivity contribution in [2.75, 3.05) is 25.6 Å². The second-order valence-electron chi connectivity index (χ2n) is 10.1. The highest BCUT2D eigenvalue weighted by molar-refractivity contribution is 6.01. The number of nitrogen functional groups attached to an aromatic ring is 1. The third-order valence-corrected chi connectivity index (χ3v) is 7.79. The molecule has 5 heterocycles. The normalized spacial score (nSPS) is 18.6. The first-order valence-electron chi connectivity index (χ1n) is 13.2. The summed E-state index contributed by atoms with van der Waals surface area (Å²) in [7, 11) is 0. The summed E-state index contributed by atoms with van der Waals surface area (Å²) in [5.74, 6) is -1.15. The number of fused-ring (bicyclic) bond motifs is 2. The Morgan fingerprint density at radius 3 is 2.63 bits per heavy atom. The molecule has 1 saturated heterocycles. The molecule has 4 N–H and O–H groups in total. The van der Waals surface area contributed by atoms with Crippen LogP contribution in [0.5, 0.6) is 0 Å². The predicted octanol–water partition coefficient (Wildman–Crippen LogP) is 2.95. The van der Waals surface area contributed by atoms with Crippen LogP contribution < -0.4 is 17.0 Å². The maximum absolute atomic E-state index is 16.0. The molecule has 5 aromatic rings. The lowest BCUT2D eigenvalue weighted by Gasteiger charge is -2.27. The van der Waals surface area contributed by atoms with Crippen molar-refractivity contribution < 1.29 is 18.7 Å². The summed E-state index contributed by atoms with van der Waals surface area (Å²) in [5, 5.41) is 0.560. The van der Waals surface area contributed by atoms with E-state index in [1.165, 1.54) is 17.1 Å². The van der Waals surface area contributed by atoms with Crippen molar-refractivity contribution in [3.05, 3.63) is 94.0 Å². The molecule has 0 aliphatic carbocycles. The molecule has 0 radical (unpaired) electrons. The summed E-state index contributed by atoms with van der Waals surface area (Å²) < 4.78 is 32.7. The summed E-state index contributed by atoms with van der Waals surface area (Å²) >= 11 is 0. The van der Waals surface area contributed by atoms with Crippen LogP contribution in [0.1, 0.15) is 40.2 Å². The molecular weight excluding hydrogens is 529 g/mol. The van der Waals surface area contributed by atoms with Gasteiger partial charge in [-0.2, -0.15) is 0 Å². The van der Waals surface area contributed by atoms with E-state index in [0.717, 1.165) is 6.42 Å². The average Bonchev–Trinajstić information content (AvgIpc) is 3.70.